The topological polar surface area (TPSA) is 67.1 Å². The van der Waals surface area contributed by atoms with Crippen LogP contribution in [-0.4, -0.2) is 22.6 Å². The Morgan fingerprint density at radius 3 is 2.69 bits per heavy atom. The standard InChI is InChI=1S/C11H19N5/c1-3-9-10(15-12)13-7-14-11(9)16(4-2)8-5-6-8/h7-8H,3-6,12H2,1-2H3,(H,13,14,15). The lowest BCUT2D eigenvalue weighted by Crippen LogP contribution is -2.28. The number of anilines is 2. The van der Waals surface area contributed by atoms with Crippen LogP contribution < -0.4 is 16.2 Å². The van der Waals surface area contributed by atoms with Gasteiger partial charge in [-0.1, -0.05) is 6.92 Å². The van der Waals surface area contributed by atoms with E-state index in [4.69, 9.17) is 5.84 Å². The molecule has 1 aromatic rings. The van der Waals surface area contributed by atoms with Crippen molar-refractivity contribution in [1.82, 2.24) is 9.97 Å². The molecule has 88 valence electrons. The Kier molecular flexibility index (Phi) is 3.24. The molecule has 0 unspecified atom stereocenters. The summed E-state index contributed by atoms with van der Waals surface area (Å²) in [4.78, 5) is 10.9. The zero-order valence-electron chi connectivity index (χ0n) is 9.90. The highest BCUT2D eigenvalue weighted by Crippen LogP contribution is 2.33. The highest BCUT2D eigenvalue weighted by molar-refractivity contribution is 5.59. The minimum atomic E-state index is 0.663. The number of aromatic nitrogens is 2. The molecule has 1 aromatic heterocycles. The van der Waals surface area contributed by atoms with Crippen molar-refractivity contribution in [1.29, 1.82) is 0 Å². The van der Waals surface area contributed by atoms with E-state index in [1.807, 2.05) is 0 Å². The number of hydrogen-bond acceptors (Lipinski definition) is 5. The van der Waals surface area contributed by atoms with E-state index in [1.165, 1.54) is 12.8 Å². The summed E-state index contributed by atoms with van der Waals surface area (Å²) in [5.41, 5.74) is 3.76. The number of hydrogen-bond donors (Lipinski definition) is 2. The quantitative estimate of drug-likeness (QED) is 0.579. The Labute approximate surface area is 96.0 Å². The van der Waals surface area contributed by atoms with E-state index >= 15 is 0 Å². The van der Waals surface area contributed by atoms with Gasteiger partial charge in [0.1, 0.15) is 18.0 Å². The lowest BCUT2D eigenvalue weighted by molar-refractivity contribution is 0.793. The molecule has 1 saturated carbocycles. The first kappa shape index (κ1) is 11.1. The molecule has 5 heteroatoms. The molecular weight excluding hydrogens is 202 g/mol. The summed E-state index contributed by atoms with van der Waals surface area (Å²) in [5.74, 6) is 7.25. The predicted molar refractivity (Wildman–Crippen MR) is 65.3 cm³/mol. The molecule has 1 aliphatic rings. The molecule has 2 rings (SSSR count). The Bertz CT molecular complexity index is 361. The van der Waals surface area contributed by atoms with Crippen molar-refractivity contribution in [3.05, 3.63) is 11.9 Å². The van der Waals surface area contributed by atoms with Gasteiger partial charge in [0.15, 0.2) is 0 Å². The summed E-state index contributed by atoms with van der Waals surface area (Å²) < 4.78 is 0. The minimum absolute atomic E-state index is 0.663. The van der Waals surface area contributed by atoms with Gasteiger partial charge in [0, 0.05) is 18.2 Å². The number of nitrogens with two attached hydrogens (primary N) is 1. The molecule has 0 aromatic carbocycles. The lowest BCUT2D eigenvalue weighted by Gasteiger charge is -2.24. The molecule has 1 aliphatic carbocycles. The van der Waals surface area contributed by atoms with Crippen LogP contribution in [0.15, 0.2) is 6.33 Å². The van der Waals surface area contributed by atoms with Gasteiger partial charge in [-0.05, 0) is 26.2 Å². The zero-order chi connectivity index (χ0) is 11.5. The third-order valence-corrected chi connectivity index (χ3v) is 3.01. The Morgan fingerprint density at radius 1 is 1.44 bits per heavy atom. The van der Waals surface area contributed by atoms with Crippen molar-refractivity contribution >= 4 is 11.6 Å². The first-order chi connectivity index (χ1) is 7.81. The molecule has 0 atom stereocenters. The Hall–Kier alpha value is -1.36. The van der Waals surface area contributed by atoms with Crippen molar-refractivity contribution in [2.75, 3.05) is 16.9 Å². The summed E-state index contributed by atoms with van der Waals surface area (Å²) in [5, 5.41) is 0. The maximum absolute atomic E-state index is 5.47. The lowest BCUT2D eigenvalue weighted by atomic mass is 10.2. The molecule has 3 N–H and O–H groups in total. The second-order valence-electron chi connectivity index (χ2n) is 4.04. The van der Waals surface area contributed by atoms with E-state index in [2.05, 4.69) is 34.1 Å². The highest BCUT2D eigenvalue weighted by atomic mass is 15.3. The third-order valence-electron chi connectivity index (χ3n) is 3.01. The van der Waals surface area contributed by atoms with Gasteiger partial charge >= 0.3 is 0 Å². The number of rotatable bonds is 5. The van der Waals surface area contributed by atoms with Gasteiger partial charge in [-0.2, -0.15) is 0 Å². The van der Waals surface area contributed by atoms with E-state index in [9.17, 15) is 0 Å². The van der Waals surface area contributed by atoms with Gasteiger partial charge in [0.05, 0.1) is 0 Å². The second-order valence-corrected chi connectivity index (χ2v) is 4.04. The highest BCUT2D eigenvalue weighted by Gasteiger charge is 2.30. The molecule has 0 amide bonds. The van der Waals surface area contributed by atoms with Crippen molar-refractivity contribution in [3.63, 3.8) is 0 Å². The van der Waals surface area contributed by atoms with Gasteiger partial charge in [-0.3, -0.25) is 0 Å². The van der Waals surface area contributed by atoms with E-state index in [0.29, 0.717) is 6.04 Å². The van der Waals surface area contributed by atoms with Crippen LogP contribution in [0.4, 0.5) is 11.6 Å². The largest absolute Gasteiger partial charge is 0.354 e. The predicted octanol–water partition coefficient (Wildman–Crippen LogP) is 1.31. The van der Waals surface area contributed by atoms with Crippen molar-refractivity contribution in [3.8, 4) is 0 Å². The summed E-state index contributed by atoms with van der Waals surface area (Å²) in [7, 11) is 0. The summed E-state index contributed by atoms with van der Waals surface area (Å²) in [6.07, 6.45) is 5.01. The van der Waals surface area contributed by atoms with Gasteiger partial charge in [0.2, 0.25) is 0 Å². The molecular formula is C11H19N5. The van der Waals surface area contributed by atoms with Crippen LogP contribution in [0.5, 0.6) is 0 Å². The van der Waals surface area contributed by atoms with Crippen molar-refractivity contribution < 1.29 is 0 Å². The Balaban J connectivity index is 2.37. The van der Waals surface area contributed by atoms with E-state index in [0.717, 1.165) is 30.2 Å². The van der Waals surface area contributed by atoms with E-state index in [-0.39, 0.29) is 0 Å². The second kappa shape index (κ2) is 4.65. The summed E-state index contributed by atoms with van der Waals surface area (Å²) in [6, 6.07) is 0.663. The normalized spacial score (nSPS) is 14.9. The fourth-order valence-corrected chi connectivity index (χ4v) is 2.07. The maximum Gasteiger partial charge on any atom is 0.148 e. The van der Waals surface area contributed by atoms with Gasteiger partial charge < -0.3 is 10.3 Å². The molecule has 0 aliphatic heterocycles. The number of hydrazine groups is 1. The third kappa shape index (κ3) is 1.95. The van der Waals surface area contributed by atoms with Gasteiger partial charge in [0.25, 0.3) is 0 Å². The molecule has 16 heavy (non-hydrogen) atoms. The van der Waals surface area contributed by atoms with Crippen LogP contribution in [-0.2, 0) is 6.42 Å². The molecule has 1 heterocycles. The van der Waals surface area contributed by atoms with Crippen LogP contribution in [0, 0.1) is 0 Å². The zero-order valence-corrected chi connectivity index (χ0v) is 9.90. The average molecular weight is 221 g/mol. The molecule has 5 nitrogen and oxygen atoms in total. The molecule has 1 fully saturated rings. The smallest absolute Gasteiger partial charge is 0.148 e. The molecule has 0 saturated heterocycles. The van der Waals surface area contributed by atoms with E-state index < -0.39 is 0 Å². The summed E-state index contributed by atoms with van der Waals surface area (Å²) in [6.45, 7) is 5.25. The van der Waals surface area contributed by atoms with Crippen LogP contribution in [0.3, 0.4) is 0 Å². The first-order valence-corrected chi connectivity index (χ1v) is 5.88. The Morgan fingerprint density at radius 2 is 2.19 bits per heavy atom. The van der Waals surface area contributed by atoms with Crippen LogP contribution >= 0.6 is 0 Å². The van der Waals surface area contributed by atoms with Gasteiger partial charge in [-0.15, -0.1) is 0 Å². The monoisotopic (exact) mass is 221 g/mol. The molecule has 0 radical (unpaired) electrons. The van der Waals surface area contributed by atoms with Crippen LogP contribution in [0.25, 0.3) is 0 Å². The SMILES string of the molecule is CCc1c(NN)ncnc1N(CC)C1CC1. The summed E-state index contributed by atoms with van der Waals surface area (Å²) >= 11 is 0. The molecule has 0 bridgehead atoms. The molecule has 0 spiro atoms. The van der Waals surface area contributed by atoms with Crippen molar-refractivity contribution in [2.45, 2.75) is 39.2 Å². The number of nitrogens with one attached hydrogen (secondary N) is 1. The fraction of sp³-hybridized carbons (Fsp3) is 0.636. The van der Waals surface area contributed by atoms with Gasteiger partial charge in [-0.25, -0.2) is 15.8 Å². The van der Waals surface area contributed by atoms with Crippen LogP contribution in [0.1, 0.15) is 32.3 Å². The average Bonchev–Trinajstić information content (AvgIpc) is 3.14. The number of nitrogens with zero attached hydrogens (tertiary/aromatic N) is 3. The van der Waals surface area contributed by atoms with Crippen molar-refractivity contribution in [2.24, 2.45) is 5.84 Å². The van der Waals surface area contributed by atoms with Crippen LogP contribution in [0.2, 0.25) is 0 Å². The minimum Gasteiger partial charge on any atom is -0.354 e. The fourth-order valence-electron chi connectivity index (χ4n) is 2.07. The number of nitrogen functional groups attached to an aromatic ring is 1. The maximum atomic E-state index is 5.47. The van der Waals surface area contributed by atoms with E-state index in [1.54, 1.807) is 6.33 Å². The first-order valence-electron chi connectivity index (χ1n) is 5.88.